The average Bonchev–Trinajstić information content (AvgIpc) is 2.70. The summed E-state index contributed by atoms with van der Waals surface area (Å²) in [6, 6.07) is 7.35. The number of urea groups is 1. The van der Waals surface area contributed by atoms with Crippen molar-refractivity contribution in [1.29, 1.82) is 0 Å². The van der Waals surface area contributed by atoms with Crippen molar-refractivity contribution in [3.63, 3.8) is 0 Å². The molecule has 3 rings (SSSR count). The van der Waals surface area contributed by atoms with E-state index in [0.717, 1.165) is 37.1 Å². The Kier molecular flexibility index (Phi) is 6.84. The first-order valence-electron chi connectivity index (χ1n) is 9.46. The van der Waals surface area contributed by atoms with Gasteiger partial charge >= 0.3 is 6.03 Å². The number of ether oxygens (including phenoxy) is 2. The molecule has 1 fully saturated rings. The van der Waals surface area contributed by atoms with Crippen LogP contribution in [-0.2, 0) is 0 Å². The molecule has 7 heteroatoms. The van der Waals surface area contributed by atoms with Gasteiger partial charge in [-0.2, -0.15) is 0 Å². The van der Waals surface area contributed by atoms with Crippen molar-refractivity contribution in [1.82, 2.24) is 14.9 Å². The standard InChI is InChI=1S/C20H26N4O3/c1-2-3-13-26-17-8-6-16(7-9-17)23-20(25)24-12-4-5-18(15-24)27-19-14-21-10-11-22-19/h6-11,14,18H,2-5,12-13,15H2,1H3,(H,23,25). The number of anilines is 1. The molecule has 7 nitrogen and oxygen atoms in total. The molecule has 1 N–H and O–H groups in total. The van der Waals surface area contributed by atoms with E-state index in [-0.39, 0.29) is 12.1 Å². The van der Waals surface area contributed by atoms with Crippen LogP contribution in [0.4, 0.5) is 10.5 Å². The first-order chi connectivity index (χ1) is 13.2. The third-order valence-corrected chi connectivity index (χ3v) is 4.36. The lowest BCUT2D eigenvalue weighted by Gasteiger charge is -2.32. The van der Waals surface area contributed by atoms with Gasteiger partial charge in [0.25, 0.3) is 0 Å². The fourth-order valence-electron chi connectivity index (χ4n) is 2.91. The van der Waals surface area contributed by atoms with Gasteiger partial charge < -0.3 is 19.7 Å². The van der Waals surface area contributed by atoms with Crippen LogP contribution in [0, 0.1) is 0 Å². The molecule has 0 aliphatic carbocycles. The smallest absolute Gasteiger partial charge is 0.321 e. The Morgan fingerprint density at radius 1 is 1.30 bits per heavy atom. The van der Waals surface area contributed by atoms with Crippen LogP contribution in [0.5, 0.6) is 11.6 Å². The van der Waals surface area contributed by atoms with E-state index in [4.69, 9.17) is 9.47 Å². The van der Waals surface area contributed by atoms with Crippen LogP contribution in [0.3, 0.4) is 0 Å². The minimum atomic E-state index is -0.123. The Labute approximate surface area is 159 Å². The van der Waals surface area contributed by atoms with Gasteiger partial charge in [-0.1, -0.05) is 13.3 Å². The van der Waals surface area contributed by atoms with Crippen molar-refractivity contribution in [2.45, 2.75) is 38.7 Å². The summed E-state index contributed by atoms with van der Waals surface area (Å²) in [5.41, 5.74) is 0.750. The molecule has 2 amide bonds. The molecular formula is C20H26N4O3. The quantitative estimate of drug-likeness (QED) is 0.752. The SMILES string of the molecule is CCCCOc1ccc(NC(=O)N2CCCC(Oc3cnccn3)C2)cc1. The summed E-state index contributed by atoms with van der Waals surface area (Å²) in [7, 11) is 0. The number of amides is 2. The summed E-state index contributed by atoms with van der Waals surface area (Å²) >= 11 is 0. The monoisotopic (exact) mass is 370 g/mol. The van der Waals surface area contributed by atoms with Gasteiger partial charge in [0.2, 0.25) is 5.88 Å². The number of unbranched alkanes of at least 4 members (excludes halogenated alkanes) is 1. The second-order valence-electron chi connectivity index (χ2n) is 6.53. The van der Waals surface area contributed by atoms with Gasteiger partial charge in [-0.25, -0.2) is 9.78 Å². The number of nitrogens with one attached hydrogen (secondary N) is 1. The maximum Gasteiger partial charge on any atom is 0.321 e. The predicted molar refractivity (Wildman–Crippen MR) is 103 cm³/mol. The zero-order chi connectivity index (χ0) is 18.9. The number of benzene rings is 1. The average molecular weight is 370 g/mol. The van der Waals surface area contributed by atoms with Crippen LogP contribution in [0.15, 0.2) is 42.9 Å². The number of nitrogens with zero attached hydrogens (tertiary/aromatic N) is 3. The van der Waals surface area contributed by atoms with E-state index < -0.39 is 0 Å². The molecule has 144 valence electrons. The Bertz CT molecular complexity index is 709. The Morgan fingerprint density at radius 2 is 2.15 bits per heavy atom. The number of hydrogen-bond acceptors (Lipinski definition) is 5. The molecule has 0 spiro atoms. The first kappa shape index (κ1) is 18.9. The number of carbonyl (C=O) groups is 1. The minimum absolute atomic E-state index is 0.0736. The third kappa shape index (κ3) is 5.84. The van der Waals surface area contributed by atoms with Crippen LogP contribution in [0.1, 0.15) is 32.6 Å². The highest BCUT2D eigenvalue weighted by molar-refractivity contribution is 5.89. The fourth-order valence-corrected chi connectivity index (χ4v) is 2.91. The highest BCUT2D eigenvalue weighted by Gasteiger charge is 2.25. The summed E-state index contributed by atoms with van der Waals surface area (Å²) < 4.78 is 11.5. The van der Waals surface area contributed by atoms with Crippen molar-refractivity contribution in [3.05, 3.63) is 42.9 Å². The van der Waals surface area contributed by atoms with Gasteiger partial charge in [0, 0.05) is 24.6 Å². The molecule has 1 aromatic heterocycles. The number of piperidine rings is 1. The van der Waals surface area contributed by atoms with E-state index in [1.54, 1.807) is 23.5 Å². The van der Waals surface area contributed by atoms with Gasteiger partial charge in [-0.05, 0) is 43.5 Å². The molecule has 1 unspecified atom stereocenters. The molecule has 27 heavy (non-hydrogen) atoms. The van der Waals surface area contributed by atoms with Gasteiger partial charge in [0.05, 0.1) is 19.3 Å². The summed E-state index contributed by atoms with van der Waals surface area (Å²) in [5.74, 6) is 1.31. The van der Waals surface area contributed by atoms with Crippen molar-refractivity contribution < 1.29 is 14.3 Å². The minimum Gasteiger partial charge on any atom is -0.494 e. The third-order valence-electron chi connectivity index (χ3n) is 4.36. The number of aromatic nitrogens is 2. The zero-order valence-corrected chi connectivity index (χ0v) is 15.6. The van der Waals surface area contributed by atoms with Crippen molar-refractivity contribution in [2.75, 3.05) is 25.0 Å². The summed E-state index contributed by atoms with van der Waals surface area (Å²) in [6.07, 6.45) is 8.63. The van der Waals surface area contributed by atoms with Gasteiger partial charge in [-0.3, -0.25) is 4.98 Å². The van der Waals surface area contributed by atoms with Crippen LogP contribution < -0.4 is 14.8 Å². The molecule has 1 saturated heterocycles. The van der Waals surface area contributed by atoms with Crippen LogP contribution in [0.2, 0.25) is 0 Å². The van der Waals surface area contributed by atoms with Crippen LogP contribution >= 0.6 is 0 Å². The van der Waals surface area contributed by atoms with E-state index in [9.17, 15) is 4.79 Å². The predicted octanol–water partition coefficient (Wildman–Crippen LogP) is 3.73. The van der Waals surface area contributed by atoms with Crippen LogP contribution in [0.25, 0.3) is 0 Å². The maximum atomic E-state index is 12.6. The Balaban J connectivity index is 1.49. The molecule has 0 saturated carbocycles. The van der Waals surface area contributed by atoms with E-state index in [2.05, 4.69) is 22.2 Å². The molecular weight excluding hydrogens is 344 g/mol. The van der Waals surface area contributed by atoms with Crippen molar-refractivity contribution in [2.24, 2.45) is 0 Å². The molecule has 1 atom stereocenters. The lowest BCUT2D eigenvalue weighted by molar-refractivity contribution is 0.102. The van der Waals surface area contributed by atoms with Crippen molar-refractivity contribution in [3.8, 4) is 11.6 Å². The van der Waals surface area contributed by atoms with Gasteiger partial charge in [-0.15, -0.1) is 0 Å². The molecule has 0 radical (unpaired) electrons. The number of rotatable bonds is 7. The summed E-state index contributed by atoms with van der Waals surface area (Å²) in [5, 5.41) is 2.94. The molecule has 0 bridgehead atoms. The Hall–Kier alpha value is -2.83. The second kappa shape index (κ2) is 9.75. The van der Waals surface area contributed by atoms with E-state index in [1.165, 1.54) is 0 Å². The van der Waals surface area contributed by atoms with Crippen molar-refractivity contribution >= 4 is 11.7 Å². The number of hydrogen-bond donors (Lipinski definition) is 1. The van der Waals surface area contributed by atoms with E-state index >= 15 is 0 Å². The summed E-state index contributed by atoms with van der Waals surface area (Å²) in [4.78, 5) is 22.5. The molecule has 1 aliphatic rings. The maximum absolute atomic E-state index is 12.6. The molecule has 1 aromatic carbocycles. The highest BCUT2D eigenvalue weighted by atomic mass is 16.5. The lowest BCUT2D eigenvalue weighted by Crippen LogP contribution is -2.46. The molecule has 1 aliphatic heterocycles. The Morgan fingerprint density at radius 3 is 2.89 bits per heavy atom. The number of carbonyl (C=O) groups excluding carboxylic acids is 1. The molecule has 2 heterocycles. The highest BCUT2D eigenvalue weighted by Crippen LogP contribution is 2.19. The largest absolute Gasteiger partial charge is 0.494 e. The zero-order valence-electron chi connectivity index (χ0n) is 15.6. The fraction of sp³-hybridized carbons (Fsp3) is 0.450. The summed E-state index contributed by atoms with van der Waals surface area (Å²) in [6.45, 7) is 4.08. The topological polar surface area (TPSA) is 76.6 Å². The molecule has 2 aromatic rings. The van der Waals surface area contributed by atoms with Crippen LogP contribution in [-0.4, -0.2) is 46.7 Å². The van der Waals surface area contributed by atoms with Gasteiger partial charge in [0.15, 0.2) is 0 Å². The van der Waals surface area contributed by atoms with Gasteiger partial charge in [0.1, 0.15) is 11.9 Å². The first-order valence-corrected chi connectivity index (χ1v) is 9.46. The normalized spacial score (nSPS) is 16.6. The lowest BCUT2D eigenvalue weighted by atomic mass is 10.1. The van der Waals surface area contributed by atoms with E-state index in [1.807, 2.05) is 24.3 Å². The van der Waals surface area contributed by atoms with E-state index in [0.29, 0.717) is 25.6 Å². The number of likely N-dealkylation sites (tertiary alicyclic amines) is 1. The second-order valence-corrected chi connectivity index (χ2v) is 6.53.